The fourth-order valence-electron chi connectivity index (χ4n) is 4.58. The van der Waals surface area contributed by atoms with E-state index in [4.69, 9.17) is 11.6 Å². The first-order valence-electron chi connectivity index (χ1n) is 11.4. The summed E-state index contributed by atoms with van der Waals surface area (Å²) >= 11 is 6.49. The van der Waals surface area contributed by atoms with Crippen LogP contribution in [0.15, 0.2) is 67.1 Å². The summed E-state index contributed by atoms with van der Waals surface area (Å²) in [5, 5.41) is 15.6. The van der Waals surface area contributed by atoms with E-state index in [1.165, 1.54) is 35.0 Å². The quantitative estimate of drug-likeness (QED) is 0.313. The molecule has 1 N–H and O–H groups in total. The number of aromatic nitrogens is 7. The summed E-state index contributed by atoms with van der Waals surface area (Å²) in [5.74, 6) is -2.58. The first kappa shape index (κ1) is 23.3. The Bertz CT molecular complexity index is 1590. The first-order valence-corrected chi connectivity index (χ1v) is 11.8. The summed E-state index contributed by atoms with van der Waals surface area (Å²) in [5.41, 5.74) is 1.68. The summed E-state index contributed by atoms with van der Waals surface area (Å²) in [6.45, 7) is -0.720. The second-order valence-corrected chi connectivity index (χ2v) is 9.15. The van der Waals surface area contributed by atoms with E-state index < -0.39 is 24.5 Å². The molecule has 12 heteroatoms. The second kappa shape index (κ2) is 8.77. The third-order valence-electron chi connectivity index (χ3n) is 6.43. The van der Waals surface area contributed by atoms with E-state index in [0.29, 0.717) is 27.7 Å². The Morgan fingerprint density at radius 3 is 2.68 bits per heavy atom. The monoisotopic (exact) mass is 524 g/mol. The molecule has 0 unspecified atom stereocenters. The summed E-state index contributed by atoms with van der Waals surface area (Å²) in [6, 6.07) is 11.8. The molecule has 0 radical (unpaired) electrons. The minimum atomic E-state index is -3.45. The van der Waals surface area contributed by atoms with Gasteiger partial charge in [0.15, 0.2) is 5.82 Å². The topological polar surface area (TPSA) is 78.4 Å². The predicted octanol–water partition coefficient (Wildman–Crippen LogP) is 5.60. The Morgan fingerprint density at radius 2 is 1.95 bits per heavy atom. The fraction of sp³-hybridized carbons (Fsp3) is 0.200. The predicted molar refractivity (Wildman–Crippen MR) is 133 cm³/mol. The normalized spacial score (nSPS) is 14.9. The Balaban J connectivity index is 1.41. The lowest BCUT2D eigenvalue weighted by atomic mass is 10.1. The average molecular weight is 525 g/mol. The molecule has 1 atom stereocenters. The molecule has 4 aromatic heterocycles. The molecule has 0 spiro atoms. The fourth-order valence-corrected chi connectivity index (χ4v) is 4.79. The summed E-state index contributed by atoms with van der Waals surface area (Å²) in [6.07, 6.45) is 4.99. The van der Waals surface area contributed by atoms with Gasteiger partial charge in [-0.25, -0.2) is 9.37 Å². The van der Waals surface area contributed by atoms with Gasteiger partial charge in [-0.3, -0.25) is 9.25 Å². The molecule has 37 heavy (non-hydrogen) atoms. The number of benzene rings is 1. The highest BCUT2D eigenvalue weighted by Crippen LogP contribution is 2.42. The van der Waals surface area contributed by atoms with Crippen LogP contribution < -0.4 is 5.32 Å². The van der Waals surface area contributed by atoms with Crippen molar-refractivity contribution in [3.63, 3.8) is 0 Å². The van der Waals surface area contributed by atoms with Crippen LogP contribution in [-0.2, 0) is 19.5 Å². The van der Waals surface area contributed by atoms with Gasteiger partial charge in [-0.15, -0.1) is 10.2 Å². The number of halogens is 4. The van der Waals surface area contributed by atoms with Gasteiger partial charge in [0.05, 0.1) is 23.0 Å². The van der Waals surface area contributed by atoms with Crippen molar-refractivity contribution in [2.75, 3.05) is 12.0 Å². The number of alkyl halides is 3. The molecular formula is C25H20ClF3N8. The highest BCUT2D eigenvalue weighted by Gasteiger charge is 2.43. The number of rotatable bonds is 6. The largest absolute Gasteiger partial charge is 0.342 e. The maximum atomic E-state index is 15.5. The van der Waals surface area contributed by atoms with Crippen LogP contribution in [0.4, 0.5) is 24.8 Å². The highest BCUT2D eigenvalue weighted by molar-refractivity contribution is 6.33. The second-order valence-electron chi connectivity index (χ2n) is 8.75. The zero-order valence-electron chi connectivity index (χ0n) is 19.5. The van der Waals surface area contributed by atoms with Crippen molar-refractivity contribution >= 4 is 23.2 Å². The molecule has 5 aromatic rings. The van der Waals surface area contributed by atoms with Crippen molar-refractivity contribution in [1.29, 1.82) is 0 Å². The number of anilines is 2. The minimum absolute atomic E-state index is 0.136. The van der Waals surface area contributed by atoms with Crippen LogP contribution in [0, 0.1) is 0 Å². The number of pyridine rings is 1. The number of fused-ring (bicyclic) bond motifs is 3. The van der Waals surface area contributed by atoms with Gasteiger partial charge in [0, 0.05) is 48.7 Å². The van der Waals surface area contributed by atoms with Gasteiger partial charge in [-0.1, -0.05) is 41.9 Å². The minimum Gasteiger partial charge on any atom is -0.342 e. The van der Waals surface area contributed by atoms with Crippen LogP contribution in [0.3, 0.4) is 0 Å². The zero-order valence-corrected chi connectivity index (χ0v) is 20.2. The first-order chi connectivity index (χ1) is 17.9. The van der Waals surface area contributed by atoms with E-state index in [1.807, 2.05) is 0 Å². The SMILES string of the molecule is Cn1nccc1Nc1cc(-c2cc3n(c2)C[C@H](CF)n2c-3nnc2C(F)(F)c2ccccc2)c(Cl)cn1. The number of hydrogen-bond acceptors (Lipinski definition) is 5. The van der Waals surface area contributed by atoms with E-state index in [2.05, 4.69) is 25.6 Å². The van der Waals surface area contributed by atoms with Gasteiger partial charge in [-0.2, -0.15) is 13.9 Å². The van der Waals surface area contributed by atoms with E-state index in [1.54, 1.807) is 53.0 Å². The van der Waals surface area contributed by atoms with E-state index in [0.717, 1.165) is 5.82 Å². The van der Waals surface area contributed by atoms with Crippen molar-refractivity contribution in [2.45, 2.75) is 18.5 Å². The third-order valence-corrected chi connectivity index (χ3v) is 6.73. The Morgan fingerprint density at radius 1 is 1.14 bits per heavy atom. The van der Waals surface area contributed by atoms with Gasteiger partial charge in [-0.05, 0) is 12.1 Å². The molecule has 0 saturated carbocycles. The highest BCUT2D eigenvalue weighted by atomic mass is 35.5. The summed E-state index contributed by atoms with van der Waals surface area (Å²) in [7, 11) is 1.80. The molecule has 1 aromatic carbocycles. The zero-order chi connectivity index (χ0) is 25.7. The van der Waals surface area contributed by atoms with Gasteiger partial charge in [0.2, 0.25) is 5.82 Å². The van der Waals surface area contributed by atoms with E-state index in [-0.39, 0.29) is 17.9 Å². The van der Waals surface area contributed by atoms with Gasteiger partial charge < -0.3 is 9.88 Å². The standard InChI is InChI=1S/C25H20ClF3N8/c1-35-22(7-8-31-35)32-21-10-18(19(26)12-30-21)15-9-20-23-33-34-24(25(28,29)16-5-3-2-4-6-16)37(23)17(11-27)14-36(20)13-15/h2-10,12-13,17H,11,14H2,1H3,(H,30,32)/t17-/m0/s1. The molecule has 1 aliphatic rings. The van der Waals surface area contributed by atoms with Gasteiger partial charge in [0.25, 0.3) is 0 Å². The van der Waals surface area contributed by atoms with E-state index >= 15 is 8.78 Å². The molecule has 6 rings (SSSR count). The van der Waals surface area contributed by atoms with Crippen molar-refractivity contribution in [3.8, 4) is 22.6 Å². The maximum absolute atomic E-state index is 15.5. The van der Waals surface area contributed by atoms with Crippen LogP contribution in [0.5, 0.6) is 0 Å². The molecule has 0 amide bonds. The van der Waals surface area contributed by atoms with Crippen LogP contribution in [-0.4, -0.2) is 40.8 Å². The molecule has 0 bridgehead atoms. The third kappa shape index (κ3) is 3.86. The lowest BCUT2D eigenvalue weighted by Crippen LogP contribution is -2.30. The van der Waals surface area contributed by atoms with Crippen LogP contribution >= 0.6 is 11.6 Å². The lowest BCUT2D eigenvalue weighted by Gasteiger charge is -2.28. The molecule has 188 valence electrons. The molecule has 8 nitrogen and oxygen atoms in total. The molecule has 0 aliphatic carbocycles. The van der Waals surface area contributed by atoms with Crippen molar-refractivity contribution in [3.05, 3.63) is 83.5 Å². The molecule has 1 aliphatic heterocycles. The van der Waals surface area contributed by atoms with Crippen molar-refractivity contribution < 1.29 is 13.2 Å². The van der Waals surface area contributed by atoms with Crippen LogP contribution in [0.1, 0.15) is 17.4 Å². The Hall–Kier alpha value is -4.12. The Kier molecular flexibility index (Phi) is 5.52. The molecular weight excluding hydrogens is 505 g/mol. The number of aryl methyl sites for hydroxylation is 1. The Labute approximate surface area is 214 Å². The number of nitrogens with one attached hydrogen (secondary N) is 1. The maximum Gasteiger partial charge on any atom is 0.332 e. The molecule has 0 fully saturated rings. The molecule has 0 saturated heterocycles. The van der Waals surface area contributed by atoms with Crippen molar-refractivity contribution in [1.82, 2.24) is 34.1 Å². The summed E-state index contributed by atoms with van der Waals surface area (Å²) in [4.78, 5) is 4.33. The average Bonchev–Trinajstić information content (AvgIpc) is 3.63. The molecule has 5 heterocycles. The van der Waals surface area contributed by atoms with E-state index in [9.17, 15) is 4.39 Å². The van der Waals surface area contributed by atoms with Gasteiger partial charge in [0.1, 0.15) is 18.3 Å². The van der Waals surface area contributed by atoms with Crippen molar-refractivity contribution in [2.24, 2.45) is 7.05 Å². The lowest BCUT2D eigenvalue weighted by molar-refractivity contribution is 0.0258. The van der Waals surface area contributed by atoms with Crippen LogP contribution in [0.25, 0.3) is 22.6 Å². The van der Waals surface area contributed by atoms with Gasteiger partial charge >= 0.3 is 5.92 Å². The number of hydrogen-bond donors (Lipinski definition) is 1. The number of nitrogens with zero attached hydrogens (tertiary/aromatic N) is 7. The van der Waals surface area contributed by atoms with Crippen LogP contribution in [0.2, 0.25) is 5.02 Å². The summed E-state index contributed by atoms with van der Waals surface area (Å²) < 4.78 is 49.8. The smallest absolute Gasteiger partial charge is 0.332 e.